The van der Waals surface area contributed by atoms with E-state index in [4.69, 9.17) is 14.2 Å². The van der Waals surface area contributed by atoms with E-state index in [0.29, 0.717) is 8.58 Å². The van der Waals surface area contributed by atoms with Crippen molar-refractivity contribution in [1.29, 1.82) is 0 Å². The molecule has 2 rings (SSSR count). The third kappa shape index (κ3) is 4.93. The highest BCUT2D eigenvalue weighted by atomic mass is 31.1. The van der Waals surface area contributed by atoms with Crippen LogP contribution >= 0.6 is 8.58 Å². The summed E-state index contributed by atoms with van der Waals surface area (Å²) in [7, 11) is 7.93. The van der Waals surface area contributed by atoms with Crippen LogP contribution in [0.25, 0.3) is 0 Å². The molecule has 0 amide bonds. The number of hydrogen-bond acceptors (Lipinski definition) is 4. The molecule has 0 bridgehead atoms. The van der Waals surface area contributed by atoms with E-state index in [2.05, 4.69) is 49.3 Å². The summed E-state index contributed by atoms with van der Waals surface area (Å²) in [4.78, 5) is 2.18. The lowest BCUT2D eigenvalue weighted by atomic mass is 10.2. The van der Waals surface area contributed by atoms with Gasteiger partial charge >= 0.3 is 0 Å². The largest absolute Gasteiger partial charge is 0.493 e. The molecule has 23 heavy (non-hydrogen) atoms. The van der Waals surface area contributed by atoms with Crippen molar-refractivity contribution in [1.82, 2.24) is 4.90 Å². The van der Waals surface area contributed by atoms with Gasteiger partial charge in [0, 0.05) is 19.0 Å². The average Bonchev–Trinajstić information content (AvgIpc) is 2.54. The molecule has 0 fully saturated rings. The summed E-state index contributed by atoms with van der Waals surface area (Å²) in [5.41, 5.74) is 1.33. The molecule has 0 aliphatic heterocycles. The van der Waals surface area contributed by atoms with Crippen molar-refractivity contribution < 1.29 is 14.2 Å². The zero-order chi connectivity index (χ0) is 16.7. The van der Waals surface area contributed by atoms with Crippen molar-refractivity contribution in [2.45, 2.75) is 6.54 Å². The van der Waals surface area contributed by atoms with E-state index in [-0.39, 0.29) is 6.79 Å². The van der Waals surface area contributed by atoms with Crippen molar-refractivity contribution in [2.75, 3.05) is 35.1 Å². The minimum Gasteiger partial charge on any atom is -0.493 e. The maximum Gasteiger partial charge on any atom is 0.188 e. The first-order valence-corrected chi connectivity index (χ1v) is 8.44. The Morgan fingerprint density at radius 3 is 2.39 bits per heavy atom. The Bertz CT molecular complexity index is 631. The van der Waals surface area contributed by atoms with Crippen LogP contribution in [0.2, 0.25) is 0 Å². The van der Waals surface area contributed by atoms with Crippen LogP contribution in [-0.2, 0) is 11.3 Å². The van der Waals surface area contributed by atoms with Crippen LogP contribution in [0.1, 0.15) is 5.56 Å². The molecule has 0 radical (unpaired) electrons. The number of benzene rings is 2. The first-order chi connectivity index (χ1) is 11.2. The molecule has 1 unspecified atom stereocenters. The van der Waals surface area contributed by atoms with Crippen LogP contribution < -0.4 is 20.1 Å². The minimum atomic E-state index is 0.206. The summed E-state index contributed by atoms with van der Waals surface area (Å²) < 4.78 is 16.2. The molecule has 2 aromatic rings. The fourth-order valence-electron chi connectivity index (χ4n) is 2.31. The van der Waals surface area contributed by atoms with Crippen LogP contribution in [0.4, 0.5) is 0 Å². The Morgan fingerprint density at radius 1 is 0.957 bits per heavy atom. The number of ether oxygens (including phenoxy) is 3. The molecule has 0 heterocycles. The first kappa shape index (κ1) is 17.7. The molecule has 0 spiro atoms. The highest BCUT2D eigenvalue weighted by Crippen LogP contribution is 2.30. The van der Waals surface area contributed by atoms with Crippen LogP contribution in [0.5, 0.6) is 11.5 Å². The zero-order valence-electron chi connectivity index (χ0n) is 14.1. The van der Waals surface area contributed by atoms with Gasteiger partial charge in [-0.05, 0) is 31.0 Å². The van der Waals surface area contributed by atoms with E-state index < -0.39 is 0 Å². The molecule has 0 aliphatic rings. The van der Waals surface area contributed by atoms with E-state index >= 15 is 0 Å². The molecule has 0 N–H and O–H groups in total. The fraction of sp³-hybridized carbons (Fsp3) is 0.333. The molecule has 0 saturated heterocycles. The Kier molecular flexibility index (Phi) is 6.85. The molecule has 124 valence electrons. The summed E-state index contributed by atoms with van der Waals surface area (Å²) in [5.74, 6) is 1.49. The Hall–Kier alpha value is -1.61. The number of rotatable bonds is 8. The topological polar surface area (TPSA) is 30.9 Å². The van der Waals surface area contributed by atoms with E-state index in [1.165, 1.54) is 10.9 Å². The summed E-state index contributed by atoms with van der Waals surface area (Å²) in [5, 5.41) is 2.43. The summed E-state index contributed by atoms with van der Waals surface area (Å²) in [6.07, 6.45) is 0. The summed E-state index contributed by atoms with van der Waals surface area (Å²) in [6.45, 7) is 1.12. The summed E-state index contributed by atoms with van der Waals surface area (Å²) >= 11 is 0. The SMILES string of the molecule is COCOc1c(OC)cccc1Pc1ccccc1CN(C)C. The first-order valence-electron chi connectivity index (χ1n) is 7.44. The van der Waals surface area contributed by atoms with E-state index in [9.17, 15) is 0 Å². The van der Waals surface area contributed by atoms with Gasteiger partial charge in [0.25, 0.3) is 0 Å². The highest BCUT2D eigenvalue weighted by molar-refractivity contribution is 7.55. The number of nitrogens with zero attached hydrogens (tertiary/aromatic N) is 1. The van der Waals surface area contributed by atoms with Crippen LogP contribution in [-0.4, -0.2) is 40.0 Å². The second-order valence-corrected chi connectivity index (χ2v) is 6.74. The van der Waals surface area contributed by atoms with Crippen molar-refractivity contribution in [2.24, 2.45) is 0 Å². The van der Waals surface area contributed by atoms with Gasteiger partial charge in [0.1, 0.15) is 0 Å². The molecule has 0 saturated carbocycles. The maximum atomic E-state index is 5.75. The number of para-hydroxylation sites is 1. The molecule has 1 atom stereocenters. The lowest BCUT2D eigenvalue weighted by molar-refractivity contribution is 0.0500. The average molecular weight is 333 g/mol. The third-order valence-corrected chi connectivity index (χ3v) is 4.71. The molecule has 0 aromatic heterocycles. The van der Waals surface area contributed by atoms with Crippen molar-refractivity contribution in [3.05, 3.63) is 48.0 Å². The van der Waals surface area contributed by atoms with E-state index in [1.54, 1.807) is 14.2 Å². The van der Waals surface area contributed by atoms with Gasteiger partial charge in [-0.15, -0.1) is 0 Å². The minimum absolute atomic E-state index is 0.206. The van der Waals surface area contributed by atoms with Gasteiger partial charge in [0.15, 0.2) is 18.3 Å². The highest BCUT2D eigenvalue weighted by Gasteiger charge is 2.13. The summed E-state index contributed by atoms with van der Waals surface area (Å²) in [6, 6.07) is 14.5. The molecule has 5 heteroatoms. The van der Waals surface area contributed by atoms with Crippen LogP contribution in [0.15, 0.2) is 42.5 Å². The standard InChI is InChI=1S/C18H24NO3P/c1-19(2)12-14-8-5-6-10-16(14)23-17-11-7-9-15(21-4)18(17)22-13-20-3/h5-11,23H,12-13H2,1-4H3. The molecule has 4 nitrogen and oxygen atoms in total. The lowest BCUT2D eigenvalue weighted by Crippen LogP contribution is -2.18. The van der Waals surface area contributed by atoms with Gasteiger partial charge in [0.2, 0.25) is 0 Å². The van der Waals surface area contributed by atoms with Gasteiger partial charge in [-0.3, -0.25) is 0 Å². The smallest absolute Gasteiger partial charge is 0.188 e. The molecular weight excluding hydrogens is 309 g/mol. The monoisotopic (exact) mass is 333 g/mol. The van der Waals surface area contributed by atoms with Gasteiger partial charge in [-0.25, -0.2) is 0 Å². The Morgan fingerprint density at radius 2 is 1.70 bits per heavy atom. The van der Waals surface area contributed by atoms with Crippen LogP contribution in [0.3, 0.4) is 0 Å². The molecule has 2 aromatic carbocycles. The number of hydrogen-bond donors (Lipinski definition) is 0. The molecular formula is C18H24NO3P. The molecule has 0 aliphatic carbocycles. The van der Waals surface area contributed by atoms with Gasteiger partial charge in [-0.1, -0.05) is 45.0 Å². The zero-order valence-corrected chi connectivity index (χ0v) is 15.1. The second kappa shape index (κ2) is 8.88. The fourth-order valence-corrected chi connectivity index (χ4v) is 3.59. The van der Waals surface area contributed by atoms with Crippen molar-refractivity contribution in [3.63, 3.8) is 0 Å². The third-order valence-electron chi connectivity index (χ3n) is 3.29. The Balaban J connectivity index is 2.33. The van der Waals surface area contributed by atoms with E-state index in [1.807, 2.05) is 12.1 Å². The Labute approximate surface area is 140 Å². The lowest BCUT2D eigenvalue weighted by Gasteiger charge is -2.17. The van der Waals surface area contributed by atoms with Gasteiger partial charge in [0.05, 0.1) is 7.11 Å². The second-order valence-electron chi connectivity index (χ2n) is 5.41. The van der Waals surface area contributed by atoms with Crippen molar-refractivity contribution >= 4 is 19.2 Å². The predicted octanol–water partition coefficient (Wildman–Crippen LogP) is 2.37. The quantitative estimate of drug-likeness (QED) is 0.548. The maximum absolute atomic E-state index is 5.75. The van der Waals surface area contributed by atoms with Gasteiger partial charge in [-0.2, -0.15) is 0 Å². The predicted molar refractivity (Wildman–Crippen MR) is 96.9 cm³/mol. The van der Waals surface area contributed by atoms with E-state index in [0.717, 1.165) is 23.3 Å². The normalized spacial score (nSPS) is 11.3. The van der Waals surface area contributed by atoms with Gasteiger partial charge < -0.3 is 19.1 Å². The van der Waals surface area contributed by atoms with Crippen molar-refractivity contribution in [3.8, 4) is 11.5 Å². The number of methoxy groups -OCH3 is 2. The van der Waals surface area contributed by atoms with Crippen LogP contribution in [0, 0.1) is 0 Å².